The first kappa shape index (κ1) is 30.1. The summed E-state index contributed by atoms with van der Waals surface area (Å²) in [5.41, 5.74) is -2.03. The van der Waals surface area contributed by atoms with Crippen molar-refractivity contribution in [2.75, 3.05) is 18.5 Å². The molecule has 1 aromatic rings. The Labute approximate surface area is 211 Å². The van der Waals surface area contributed by atoms with Gasteiger partial charge in [-0.2, -0.15) is 13.8 Å². The maximum atomic E-state index is 14.4. The van der Waals surface area contributed by atoms with Gasteiger partial charge in [-0.1, -0.05) is 0 Å². The third-order valence-corrected chi connectivity index (χ3v) is 5.19. The molecule has 4 atom stereocenters. The van der Waals surface area contributed by atoms with Crippen LogP contribution in [0.3, 0.4) is 0 Å². The third kappa shape index (κ3) is 8.43. The van der Waals surface area contributed by atoms with Crippen LogP contribution in [0.15, 0.2) is 17.1 Å². The Morgan fingerprint density at radius 2 is 1.97 bits per heavy atom. The number of rotatable bonds is 10. The summed E-state index contributed by atoms with van der Waals surface area (Å²) in [5.74, 6) is -5.11. The molecule has 1 fully saturated rings. The molecule has 0 radical (unpaired) electrons. The number of halogens is 2. The minimum Gasteiger partial charge on any atom is -0.444 e. The molecule has 1 saturated heterocycles. The van der Waals surface area contributed by atoms with E-state index >= 15 is 0 Å². The van der Waals surface area contributed by atoms with E-state index in [9.17, 15) is 33.1 Å². The van der Waals surface area contributed by atoms with Crippen LogP contribution in [-0.2, 0) is 19.1 Å². The number of alkyl halides is 2. The van der Waals surface area contributed by atoms with Crippen molar-refractivity contribution in [3.8, 4) is 0 Å². The lowest BCUT2D eigenvalue weighted by Crippen LogP contribution is -2.46. The molecule has 5 N–H and O–H groups in total. The van der Waals surface area contributed by atoms with Gasteiger partial charge in [-0.05, 0) is 46.1 Å². The molecule has 0 bridgehead atoms. The quantitative estimate of drug-likeness (QED) is 0.264. The van der Waals surface area contributed by atoms with Gasteiger partial charge in [-0.25, -0.2) is 9.59 Å². The Kier molecular flexibility index (Phi) is 10.1. The third-order valence-electron chi connectivity index (χ3n) is 5.19. The number of aliphatic hydroxyl groups is 2. The Hall–Kier alpha value is -3.17. The predicted molar refractivity (Wildman–Crippen MR) is 125 cm³/mol. The van der Waals surface area contributed by atoms with Gasteiger partial charge >= 0.3 is 17.7 Å². The summed E-state index contributed by atoms with van der Waals surface area (Å²) in [4.78, 5) is 52.1. The lowest BCUT2D eigenvalue weighted by molar-refractivity contribution is -0.141. The topological polar surface area (TPSA) is 181 Å². The molecule has 1 aromatic heterocycles. The fraction of sp³-hybridized carbons (Fsp3) is 0.682. The second-order valence-corrected chi connectivity index (χ2v) is 9.50. The number of anilines is 1. The number of hydrogen-bond acceptors (Lipinski definition) is 9. The summed E-state index contributed by atoms with van der Waals surface area (Å²) in [6, 6.07) is -0.0296. The number of aromatic nitrogens is 2. The minimum absolute atomic E-state index is 0.157. The van der Waals surface area contributed by atoms with Crippen LogP contribution in [0.2, 0.25) is 0 Å². The van der Waals surface area contributed by atoms with Crippen LogP contribution < -0.4 is 21.6 Å². The molecule has 3 amide bonds. The molecular formula is C22H33F2N5O8. The highest BCUT2D eigenvalue weighted by Gasteiger charge is 2.59. The van der Waals surface area contributed by atoms with Crippen molar-refractivity contribution in [2.24, 2.45) is 0 Å². The summed E-state index contributed by atoms with van der Waals surface area (Å²) in [5, 5.41) is 26.2. The van der Waals surface area contributed by atoms with Crippen molar-refractivity contribution in [1.29, 1.82) is 0 Å². The molecule has 37 heavy (non-hydrogen) atoms. The Morgan fingerprint density at radius 3 is 2.51 bits per heavy atom. The Balaban J connectivity index is 2.13. The van der Waals surface area contributed by atoms with Gasteiger partial charge in [0.25, 0.3) is 0 Å². The number of amides is 3. The van der Waals surface area contributed by atoms with Crippen LogP contribution in [0, 0.1) is 0 Å². The number of nitrogens with zero attached hydrogens (tertiary/aromatic N) is 2. The molecule has 1 aliphatic rings. The molecule has 2 heterocycles. The maximum Gasteiger partial charge on any atom is 0.408 e. The second kappa shape index (κ2) is 12.4. The van der Waals surface area contributed by atoms with E-state index in [1.165, 1.54) is 6.92 Å². The van der Waals surface area contributed by atoms with Crippen LogP contribution in [0.4, 0.5) is 19.4 Å². The number of unbranched alkanes of at least 4 members (excludes halogenated alkanes) is 1. The van der Waals surface area contributed by atoms with Gasteiger partial charge in [-0.3, -0.25) is 14.2 Å². The number of nitrogens with one attached hydrogen (secondary N) is 3. The Bertz CT molecular complexity index is 1030. The van der Waals surface area contributed by atoms with Gasteiger partial charge in [0.2, 0.25) is 18.0 Å². The van der Waals surface area contributed by atoms with Crippen molar-refractivity contribution >= 4 is 23.7 Å². The molecule has 0 spiro atoms. The fourth-order valence-electron chi connectivity index (χ4n) is 3.45. The number of aliphatic hydroxyl groups excluding tert-OH is 2. The van der Waals surface area contributed by atoms with Crippen molar-refractivity contribution in [1.82, 2.24) is 20.2 Å². The van der Waals surface area contributed by atoms with Gasteiger partial charge in [0.05, 0.1) is 6.61 Å². The molecule has 0 saturated carbocycles. The van der Waals surface area contributed by atoms with E-state index in [1.54, 1.807) is 20.8 Å². The Morgan fingerprint density at radius 1 is 1.30 bits per heavy atom. The van der Waals surface area contributed by atoms with Gasteiger partial charge in [0, 0.05) is 19.7 Å². The molecular weight excluding hydrogens is 500 g/mol. The summed E-state index contributed by atoms with van der Waals surface area (Å²) in [6.45, 7) is 5.79. The van der Waals surface area contributed by atoms with Gasteiger partial charge in [-0.15, -0.1) is 0 Å². The van der Waals surface area contributed by atoms with Gasteiger partial charge < -0.3 is 35.6 Å². The highest BCUT2D eigenvalue weighted by molar-refractivity contribution is 5.95. The molecule has 0 aliphatic carbocycles. The summed E-state index contributed by atoms with van der Waals surface area (Å²) >= 11 is 0. The number of ether oxygens (including phenoxy) is 2. The first-order chi connectivity index (χ1) is 17.2. The van der Waals surface area contributed by atoms with Crippen LogP contribution in [0.5, 0.6) is 0 Å². The summed E-state index contributed by atoms with van der Waals surface area (Å²) in [6.07, 6.45) is -4.99. The lowest BCUT2D eigenvalue weighted by atomic mass is 10.1. The SMILES string of the molecule is CC(=O)NCCCCC(NC(=O)OC(C)(C)C)C(=O)Nc1ccn(C2OC(CO)C(O)C2(F)F)c(=O)n1. The lowest BCUT2D eigenvalue weighted by Gasteiger charge is -2.23. The number of carbonyl (C=O) groups is 3. The monoisotopic (exact) mass is 533 g/mol. The highest BCUT2D eigenvalue weighted by atomic mass is 19.3. The average molecular weight is 534 g/mol. The van der Waals surface area contributed by atoms with E-state index in [0.29, 0.717) is 24.0 Å². The van der Waals surface area contributed by atoms with E-state index in [4.69, 9.17) is 14.6 Å². The minimum atomic E-state index is -3.89. The molecule has 13 nitrogen and oxygen atoms in total. The zero-order valence-electron chi connectivity index (χ0n) is 21.0. The second-order valence-electron chi connectivity index (χ2n) is 9.50. The first-order valence-electron chi connectivity index (χ1n) is 11.6. The van der Waals surface area contributed by atoms with E-state index in [1.807, 2.05) is 0 Å². The zero-order chi connectivity index (χ0) is 28.0. The summed E-state index contributed by atoms with van der Waals surface area (Å²) < 4.78 is 39.3. The van der Waals surface area contributed by atoms with Crippen LogP contribution in [0.25, 0.3) is 0 Å². The van der Waals surface area contributed by atoms with Crippen molar-refractivity contribution in [3.63, 3.8) is 0 Å². The van der Waals surface area contributed by atoms with E-state index < -0.39 is 60.3 Å². The first-order valence-corrected chi connectivity index (χ1v) is 11.6. The van der Waals surface area contributed by atoms with Crippen molar-refractivity contribution < 1.29 is 42.9 Å². The molecule has 0 aromatic carbocycles. The zero-order valence-corrected chi connectivity index (χ0v) is 21.0. The molecule has 15 heteroatoms. The number of carbonyl (C=O) groups excluding carboxylic acids is 3. The van der Waals surface area contributed by atoms with E-state index in [0.717, 1.165) is 12.3 Å². The standard InChI is InChI=1S/C22H33F2N5O8/c1-12(31)25-9-6-5-7-13(26-20(35)37-21(2,3)4)17(33)27-15-8-10-29(19(34)28-15)18-22(23,24)16(32)14(11-30)36-18/h8,10,13-14,16,18,30,32H,5-7,9,11H2,1-4H3,(H,25,31)(H,26,35)(H,27,28,33,34). The van der Waals surface area contributed by atoms with Gasteiger partial charge in [0.1, 0.15) is 23.6 Å². The maximum absolute atomic E-state index is 14.4. The summed E-state index contributed by atoms with van der Waals surface area (Å²) in [7, 11) is 0. The normalized spacial score (nSPS) is 21.7. The fourth-order valence-corrected chi connectivity index (χ4v) is 3.45. The van der Waals surface area contributed by atoms with Crippen molar-refractivity contribution in [2.45, 2.75) is 83.0 Å². The van der Waals surface area contributed by atoms with E-state index in [-0.39, 0.29) is 18.1 Å². The van der Waals surface area contributed by atoms with E-state index in [2.05, 4.69) is 20.9 Å². The van der Waals surface area contributed by atoms with Gasteiger partial charge in [0.15, 0.2) is 6.10 Å². The van der Waals surface area contributed by atoms with Crippen LogP contribution in [-0.4, -0.2) is 80.6 Å². The molecule has 208 valence electrons. The molecule has 4 unspecified atom stereocenters. The molecule has 1 aliphatic heterocycles. The average Bonchev–Trinajstić information content (AvgIpc) is 3.00. The largest absolute Gasteiger partial charge is 0.444 e. The van der Waals surface area contributed by atoms with Crippen LogP contribution in [0.1, 0.15) is 53.2 Å². The van der Waals surface area contributed by atoms with Crippen molar-refractivity contribution in [3.05, 3.63) is 22.7 Å². The van der Waals surface area contributed by atoms with Crippen LogP contribution >= 0.6 is 0 Å². The molecule has 2 rings (SSSR count). The number of alkyl carbamates (subject to hydrolysis) is 1. The predicted octanol–water partition coefficient (Wildman–Crippen LogP) is 0.267. The number of hydrogen-bond donors (Lipinski definition) is 5. The highest BCUT2D eigenvalue weighted by Crippen LogP contribution is 2.41. The smallest absolute Gasteiger partial charge is 0.408 e.